The minimum atomic E-state index is -0.814. The molecule has 4 aromatic carbocycles. The van der Waals surface area contributed by atoms with E-state index in [0.29, 0.717) is 40.9 Å². The number of benzene rings is 4. The van der Waals surface area contributed by atoms with Crippen LogP contribution in [-0.4, -0.2) is 27.0 Å². The molecular weight excluding hydrogens is 510 g/mol. The monoisotopic (exact) mass is 537 g/mol. The van der Waals surface area contributed by atoms with Crippen molar-refractivity contribution in [1.29, 1.82) is 0 Å². The number of hydrogen-bond acceptors (Lipinski definition) is 4. The SMILES string of the molecule is CC(NC(=O)c1ccc2nc(-c3ccc(Cl)cc3)c(CCCCC(=O)O)nc2c1)c1ccc2ccccc2c1. The summed E-state index contributed by atoms with van der Waals surface area (Å²) in [6, 6.07) is 26.9. The molecule has 1 unspecified atom stereocenters. The zero-order valence-electron chi connectivity index (χ0n) is 21.5. The van der Waals surface area contributed by atoms with E-state index in [9.17, 15) is 9.59 Å². The lowest BCUT2D eigenvalue weighted by atomic mass is 10.0. The number of carbonyl (C=O) groups excluding carboxylic acids is 1. The molecule has 7 heteroatoms. The zero-order chi connectivity index (χ0) is 27.4. The highest BCUT2D eigenvalue weighted by Gasteiger charge is 2.16. The van der Waals surface area contributed by atoms with Crippen LogP contribution in [0.2, 0.25) is 5.02 Å². The molecule has 5 rings (SSSR count). The fraction of sp³-hybridized carbons (Fsp3) is 0.188. The summed E-state index contributed by atoms with van der Waals surface area (Å²) >= 11 is 6.08. The quantitative estimate of drug-likeness (QED) is 0.191. The highest BCUT2D eigenvalue weighted by Crippen LogP contribution is 2.27. The first-order valence-corrected chi connectivity index (χ1v) is 13.3. The first-order chi connectivity index (χ1) is 18.9. The van der Waals surface area contributed by atoms with E-state index >= 15 is 0 Å². The molecular formula is C32H28ClN3O3. The highest BCUT2D eigenvalue weighted by molar-refractivity contribution is 6.30. The Kier molecular flexibility index (Phi) is 7.84. The second kappa shape index (κ2) is 11.6. The van der Waals surface area contributed by atoms with Crippen LogP contribution in [0, 0.1) is 0 Å². The molecule has 0 saturated carbocycles. The van der Waals surface area contributed by atoms with E-state index in [0.717, 1.165) is 33.3 Å². The third-order valence-corrected chi connectivity index (χ3v) is 7.04. The summed E-state index contributed by atoms with van der Waals surface area (Å²) in [6.45, 7) is 1.97. The van der Waals surface area contributed by atoms with Crippen LogP contribution in [0.5, 0.6) is 0 Å². The van der Waals surface area contributed by atoms with E-state index in [2.05, 4.69) is 29.6 Å². The number of carboxylic acid groups (broad SMARTS) is 1. The number of carbonyl (C=O) groups is 2. The minimum absolute atomic E-state index is 0.108. The summed E-state index contributed by atoms with van der Waals surface area (Å²) in [6.07, 6.45) is 1.89. The highest BCUT2D eigenvalue weighted by atomic mass is 35.5. The Hall–Kier alpha value is -4.29. The van der Waals surface area contributed by atoms with Crippen molar-refractivity contribution in [3.63, 3.8) is 0 Å². The molecule has 5 aromatic rings. The maximum absolute atomic E-state index is 13.2. The van der Waals surface area contributed by atoms with Gasteiger partial charge in [0.2, 0.25) is 0 Å². The van der Waals surface area contributed by atoms with Gasteiger partial charge in [0.1, 0.15) is 0 Å². The van der Waals surface area contributed by atoms with E-state index in [1.807, 2.05) is 43.3 Å². The van der Waals surface area contributed by atoms with Crippen LogP contribution in [0.4, 0.5) is 0 Å². The van der Waals surface area contributed by atoms with E-state index in [4.69, 9.17) is 26.7 Å². The lowest BCUT2D eigenvalue weighted by molar-refractivity contribution is -0.137. The van der Waals surface area contributed by atoms with Crippen LogP contribution >= 0.6 is 11.6 Å². The van der Waals surface area contributed by atoms with Crippen LogP contribution in [0.3, 0.4) is 0 Å². The number of aliphatic carboxylic acids is 1. The number of nitrogens with one attached hydrogen (secondary N) is 1. The summed E-state index contributed by atoms with van der Waals surface area (Å²) < 4.78 is 0. The third kappa shape index (κ3) is 6.24. The predicted molar refractivity (Wildman–Crippen MR) is 155 cm³/mol. The van der Waals surface area contributed by atoms with E-state index in [1.165, 1.54) is 0 Å². The average Bonchev–Trinajstić information content (AvgIpc) is 2.94. The van der Waals surface area contributed by atoms with Gasteiger partial charge in [-0.1, -0.05) is 60.1 Å². The smallest absolute Gasteiger partial charge is 0.303 e. The Bertz CT molecular complexity index is 1670. The average molecular weight is 538 g/mol. The first-order valence-electron chi connectivity index (χ1n) is 13.0. The van der Waals surface area contributed by atoms with Crippen LogP contribution in [0.1, 0.15) is 53.8 Å². The summed E-state index contributed by atoms with van der Waals surface area (Å²) in [5.41, 5.74) is 5.20. The number of carboxylic acids is 1. The Morgan fingerprint density at radius 1 is 0.872 bits per heavy atom. The van der Waals surface area contributed by atoms with Gasteiger partial charge in [0.05, 0.1) is 28.5 Å². The molecule has 0 aliphatic heterocycles. The van der Waals surface area contributed by atoms with Gasteiger partial charge in [-0.15, -0.1) is 0 Å². The molecule has 6 nitrogen and oxygen atoms in total. The standard InChI is InChI=1S/C32H28ClN3O3/c1-20(23-11-10-21-6-2-3-7-24(21)18-23)34-32(39)25-14-17-27-29(19-25)35-28(8-4-5-9-30(37)38)31(36-27)22-12-15-26(33)16-13-22/h2-3,6-7,10-20H,4-5,8-9H2,1H3,(H,34,39)(H,37,38). The van der Waals surface area contributed by atoms with Crippen LogP contribution in [0.25, 0.3) is 33.1 Å². The van der Waals surface area contributed by atoms with Crippen molar-refractivity contribution >= 4 is 45.3 Å². The van der Waals surface area contributed by atoms with Crippen LogP contribution < -0.4 is 5.32 Å². The maximum Gasteiger partial charge on any atom is 0.303 e. The number of halogens is 1. The molecule has 39 heavy (non-hydrogen) atoms. The van der Waals surface area contributed by atoms with Gasteiger partial charge in [0.15, 0.2) is 0 Å². The minimum Gasteiger partial charge on any atom is -0.481 e. The molecule has 0 aliphatic carbocycles. The van der Waals surface area contributed by atoms with Crippen molar-refractivity contribution in [2.24, 2.45) is 0 Å². The summed E-state index contributed by atoms with van der Waals surface area (Å²) in [7, 11) is 0. The number of fused-ring (bicyclic) bond motifs is 2. The summed E-state index contributed by atoms with van der Waals surface area (Å²) in [5.74, 6) is -1.00. The lowest BCUT2D eigenvalue weighted by Crippen LogP contribution is -2.26. The van der Waals surface area contributed by atoms with E-state index in [-0.39, 0.29) is 18.4 Å². The largest absolute Gasteiger partial charge is 0.481 e. The lowest BCUT2D eigenvalue weighted by Gasteiger charge is -2.16. The molecule has 1 amide bonds. The van der Waals surface area contributed by atoms with Crippen molar-refractivity contribution in [2.45, 2.75) is 38.6 Å². The molecule has 1 atom stereocenters. The molecule has 0 fully saturated rings. The maximum atomic E-state index is 13.2. The molecule has 0 saturated heterocycles. The van der Waals surface area contributed by atoms with Crippen molar-refractivity contribution in [2.75, 3.05) is 0 Å². The topological polar surface area (TPSA) is 92.2 Å². The fourth-order valence-corrected chi connectivity index (χ4v) is 4.78. The third-order valence-electron chi connectivity index (χ3n) is 6.79. The Labute approximate surface area is 231 Å². The number of amides is 1. The zero-order valence-corrected chi connectivity index (χ0v) is 22.3. The van der Waals surface area contributed by atoms with Crippen molar-refractivity contribution in [3.05, 3.63) is 107 Å². The van der Waals surface area contributed by atoms with Gasteiger partial charge in [0.25, 0.3) is 5.91 Å². The number of rotatable bonds is 9. The van der Waals surface area contributed by atoms with Gasteiger partial charge < -0.3 is 10.4 Å². The summed E-state index contributed by atoms with van der Waals surface area (Å²) in [5, 5.41) is 15.0. The van der Waals surface area contributed by atoms with E-state index in [1.54, 1.807) is 24.3 Å². The normalized spacial score (nSPS) is 11.9. The van der Waals surface area contributed by atoms with E-state index < -0.39 is 5.97 Å². The number of nitrogens with zero attached hydrogens (tertiary/aromatic N) is 2. The molecule has 0 radical (unpaired) electrons. The van der Waals surface area contributed by atoms with Gasteiger partial charge in [-0.05, 0) is 78.9 Å². The van der Waals surface area contributed by atoms with Gasteiger partial charge in [-0.25, -0.2) is 9.97 Å². The molecule has 2 N–H and O–H groups in total. The number of aromatic nitrogens is 2. The van der Waals surface area contributed by atoms with Crippen molar-refractivity contribution in [3.8, 4) is 11.3 Å². The molecule has 0 aliphatic rings. The Balaban J connectivity index is 1.41. The molecule has 0 bridgehead atoms. The Morgan fingerprint density at radius 2 is 1.64 bits per heavy atom. The second-order valence-corrected chi connectivity index (χ2v) is 10.1. The second-order valence-electron chi connectivity index (χ2n) is 9.63. The first kappa shape index (κ1) is 26.3. The van der Waals surface area contributed by atoms with Crippen LogP contribution in [0.15, 0.2) is 84.9 Å². The molecule has 1 heterocycles. The molecule has 0 spiro atoms. The molecule has 1 aromatic heterocycles. The van der Waals surface area contributed by atoms with Gasteiger partial charge >= 0.3 is 5.97 Å². The van der Waals surface area contributed by atoms with Crippen molar-refractivity contribution in [1.82, 2.24) is 15.3 Å². The van der Waals surface area contributed by atoms with Gasteiger partial charge in [0, 0.05) is 22.6 Å². The number of hydrogen-bond donors (Lipinski definition) is 2. The van der Waals surface area contributed by atoms with Gasteiger partial charge in [-0.2, -0.15) is 0 Å². The van der Waals surface area contributed by atoms with Gasteiger partial charge in [-0.3, -0.25) is 9.59 Å². The predicted octanol–water partition coefficient (Wildman–Crippen LogP) is 7.39. The number of unbranched alkanes of at least 4 members (excludes halogenated alkanes) is 1. The Morgan fingerprint density at radius 3 is 2.41 bits per heavy atom. The van der Waals surface area contributed by atoms with Crippen LogP contribution in [-0.2, 0) is 11.2 Å². The number of aryl methyl sites for hydroxylation is 1. The fourth-order valence-electron chi connectivity index (χ4n) is 4.65. The molecule has 196 valence electrons. The van der Waals surface area contributed by atoms with Crippen molar-refractivity contribution < 1.29 is 14.7 Å². The summed E-state index contributed by atoms with van der Waals surface area (Å²) in [4.78, 5) is 33.9.